The van der Waals surface area contributed by atoms with Crippen LogP contribution in [0, 0.1) is 16.6 Å². The van der Waals surface area contributed by atoms with Crippen molar-refractivity contribution in [1.82, 2.24) is 0 Å². The third kappa shape index (κ3) is 6.05. The third-order valence-corrected chi connectivity index (χ3v) is 8.64. The van der Waals surface area contributed by atoms with E-state index in [1.54, 1.807) is 6.07 Å². The largest absolute Gasteiger partial charge is 0.861 e. The molecule has 1 aliphatic carbocycles. The molecule has 1 fully saturated rings. The normalized spacial score (nSPS) is 21.4. The lowest BCUT2D eigenvalue weighted by atomic mass is 9.87. The maximum Gasteiger partial charge on any atom is 0.518 e. The van der Waals surface area contributed by atoms with E-state index in [0.29, 0.717) is 22.0 Å². The lowest BCUT2D eigenvalue weighted by Gasteiger charge is -2.32. The molecule has 0 saturated heterocycles. The highest BCUT2D eigenvalue weighted by Crippen LogP contribution is 2.31. The zero-order chi connectivity index (χ0) is 21.3. The molecule has 28 heavy (non-hydrogen) atoms. The van der Waals surface area contributed by atoms with Crippen LogP contribution in [0.15, 0.2) is 16.5 Å². The van der Waals surface area contributed by atoms with Gasteiger partial charge in [-0.3, -0.25) is 0 Å². The Bertz CT molecular complexity index is 905. The molecule has 0 heterocycles. The van der Waals surface area contributed by atoms with Gasteiger partial charge in [-0.1, -0.05) is 0 Å². The monoisotopic (exact) mass is 756 g/mol. The van der Waals surface area contributed by atoms with E-state index < -0.39 is 39.4 Å². The minimum atomic E-state index is -5.88. The van der Waals surface area contributed by atoms with E-state index in [1.165, 1.54) is 0 Å². The predicted octanol–water partition coefficient (Wildman–Crippen LogP) is 3.82. The van der Waals surface area contributed by atoms with E-state index in [0.717, 1.165) is 7.14 Å². The maximum absolute atomic E-state index is 12.5. The molecular formula is C15H12F3I3NO5S-. The molecule has 2 unspecified atom stereocenters. The van der Waals surface area contributed by atoms with Gasteiger partial charge >= 0.3 is 21.5 Å². The van der Waals surface area contributed by atoms with Gasteiger partial charge in [0.2, 0.25) is 0 Å². The standard InChI is InChI=1S/C15H13F3I3NO5S/c16-15(17,18)28(25,26)22-13(23)7-2-1-3-9(4-7)27-14(24)10-5-8(19)6-11(20)12(10)21/h5-7,9H,1-4H2,(H,22,23)/p-1. The number of hydrogen-bond donors (Lipinski definition) is 0. The summed E-state index contributed by atoms with van der Waals surface area (Å²) >= 11 is 6.16. The van der Waals surface area contributed by atoms with Crippen LogP contribution in [0.25, 0.3) is 0 Å². The van der Waals surface area contributed by atoms with Crippen molar-refractivity contribution >= 4 is 89.7 Å². The first-order valence-corrected chi connectivity index (χ1v) is 12.4. The van der Waals surface area contributed by atoms with Crippen LogP contribution >= 0.6 is 67.8 Å². The summed E-state index contributed by atoms with van der Waals surface area (Å²) in [4.78, 5) is 12.5. The maximum atomic E-state index is 12.5. The van der Waals surface area contributed by atoms with Crippen LogP contribution in [-0.4, -0.2) is 31.9 Å². The van der Waals surface area contributed by atoms with Crippen LogP contribution in [0.1, 0.15) is 36.0 Å². The minimum absolute atomic E-state index is 0.0704. The molecule has 1 saturated carbocycles. The summed E-state index contributed by atoms with van der Waals surface area (Å²) in [6, 6.07) is 3.54. The summed E-state index contributed by atoms with van der Waals surface area (Å²) in [5, 5.41) is 11.9. The Balaban J connectivity index is 2.13. The average molecular weight is 756 g/mol. The van der Waals surface area contributed by atoms with Crippen LogP contribution in [0.3, 0.4) is 0 Å². The Labute approximate surface area is 200 Å². The second kappa shape index (κ2) is 9.49. The van der Waals surface area contributed by atoms with E-state index >= 15 is 0 Å². The fourth-order valence-corrected chi connectivity index (χ4v) is 5.51. The second-order valence-electron chi connectivity index (χ2n) is 5.99. The summed E-state index contributed by atoms with van der Waals surface area (Å²) in [6.07, 6.45) is 0.239. The molecular weight excluding hydrogens is 744 g/mol. The fourth-order valence-electron chi connectivity index (χ4n) is 2.64. The average Bonchev–Trinajstić information content (AvgIpc) is 2.56. The number of ether oxygens (including phenoxy) is 1. The van der Waals surface area contributed by atoms with Crippen molar-refractivity contribution in [2.45, 2.75) is 37.3 Å². The summed E-state index contributed by atoms with van der Waals surface area (Å²) in [6.45, 7) is 0. The first-order chi connectivity index (χ1) is 12.8. The molecule has 1 aliphatic rings. The van der Waals surface area contributed by atoms with Crippen LogP contribution < -0.4 is 5.11 Å². The fraction of sp³-hybridized carbons (Fsp3) is 0.467. The van der Waals surface area contributed by atoms with Gasteiger partial charge in [0.1, 0.15) is 6.10 Å². The van der Waals surface area contributed by atoms with Crippen LogP contribution in [0.4, 0.5) is 13.2 Å². The van der Waals surface area contributed by atoms with Gasteiger partial charge in [-0.2, -0.15) is 26.0 Å². The molecule has 0 aliphatic heterocycles. The van der Waals surface area contributed by atoms with Crippen LogP contribution in [0.2, 0.25) is 0 Å². The summed E-state index contributed by atoms with van der Waals surface area (Å²) in [5.74, 6) is -3.01. The van der Waals surface area contributed by atoms with Crippen molar-refractivity contribution < 1.29 is 36.2 Å². The lowest BCUT2D eigenvalue weighted by Crippen LogP contribution is -2.37. The Morgan fingerprint density at radius 2 is 1.86 bits per heavy atom. The number of carbonyl (C=O) groups excluding carboxylic acids is 1. The summed E-state index contributed by atoms with van der Waals surface area (Å²) in [5.41, 5.74) is -5.27. The lowest BCUT2D eigenvalue weighted by molar-refractivity contribution is -0.225. The Hall–Kier alpha value is 0.0900. The van der Waals surface area contributed by atoms with E-state index in [-0.39, 0.29) is 12.8 Å². The number of nitrogens with zero attached hydrogens (tertiary/aromatic N) is 1. The number of halogens is 6. The van der Waals surface area contributed by atoms with Crippen molar-refractivity contribution in [3.8, 4) is 0 Å². The molecule has 6 nitrogen and oxygen atoms in total. The van der Waals surface area contributed by atoms with Gasteiger partial charge < -0.3 is 9.84 Å². The zero-order valence-electron chi connectivity index (χ0n) is 13.8. The first-order valence-electron chi connectivity index (χ1n) is 7.75. The minimum Gasteiger partial charge on any atom is -0.861 e. The Kier molecular flexibility index (Phi) is 8.25. The number of esters is 1. The third-order valence-electron chi connectivity index (χ3n) is 3.96. The van der Waals surface area contributed by atoms with Crippen molar-refractivity contribution in [2.75, 3.05) is 0 Å². The molecule has 0 aromatic heterocycles. The van der Waals surface area contributed by atoms with Crippen molar-refractivity contribution in [3.05, 3.63) is 28.4 Å². The number of benzene rings is 1. The van der Waals surface area contributed by atoms with Crippen LogP contribution in [0.5, 0.6) is 0 Å². The van der Waals surface area contributed by atoms with Gasteiger partial charge in [0, 0.05) is 10.7 Å². The molecule has 13 heteroatoms. The smallest absolute Gasteiger partial charge is 0.518 e. The van der Waals surface area contributed by atoms with E-state index in [1.807, 2.05) is 28.7 Å². The molecule has 156 valence electrons. The van der Waals surface area contributed by atoms with E-state index in [4.69, 9.17) is 4.74 Å². The zero-order valence-corrected chi connectivity index (χ0v) is 21.1. The molecule has 0 spiro atoms. The molecule has 1 aromatic carbocycles. The molecule has 0 amide bonds. The highest BCUT2D eigenvalue weighted by molar-refractivity contribution is 14.1. The van der Waals surface area contributed by atoms with Gasteiger partial charge in [-0.25, -0.2) is 4.79 Å². The summed E-state index contributed by atoms with van der Waals surface area (Å²) < 4.78 is 69.5. The molecule has 0 N–H and O–H groups in total. The molecule has 0 bridgehead atoms. The summed E-state index contributed by atoms with van der Waals surface area (Å²) in [7, 11) is -5.88. The highest BCUT2D eigenvalue weighted by atomic mass is 127. The number of hydrogen-bond acceptors (Lipinski definition) is 5. The molecule has 1 aromatic rings. The molecule has 2 atom stereocenters. The second-order valence-corrected chi connectivity index (χ2v) is 11.1. The number of sulfonamides is 1. The number of rotatable bonds is 4. The van der Waals surface area contributed by atoms with Gasteiger partial charge in [-0.15, -0.1) is 0 Å². The predicted molar refractivity (Wildman–Crippen MR) is 118 cm³/mol. The van der Waals surface area contributed by atoms with Crippen LogP contribution in [-0.2, 0) is 14.8 Å². The van der Waals surface area contributed by atoms with Crippen molar-refractivity contribution in [3.63, 3.8) is 0 Å². The SMILES string of the molecule is O=C(OC1CCCC(/C([O-])=N/S(=O)(=O)C(F)(F)F)C1)c1cc(I)cc(I)c1I. The van der Waals surface area contributed by atoms with Gasteiger partial charge in [0.25, 0.3) is 0 Å². The Morgan fingerprint density at radius 3 is 2.46 bits per heavy atom. The van der Waals surface area contributed by atoms with Gasteiger partial charge in [0.15, 0.2) is 0 Å². The first kappa shape index (κ1) is 24.4. The van der Waals surface area contributed by atoms with Crippen molar-refractivity contribution in [1.29, 1.82) is 0 Å². The number of alkyl halides is 3. The van der Waals surface area contributed by atoms with Crippen molar-refractivity contribution in [2.24, 2.45) is 10.3 Å². The Morgan fingerprint density at radius 1 is 1.21 bits per heavy atom. The molecule has 2 rings (SSSR count). The van der Waals surface area contributed by atoms with E-state index in [9.17, 15) is 31.5 Å². The number of carbonyl (C=O) groups is 1. The quantitative estimate of drug-likeness (QED) is 0.153. The van der Waals surface area contributed by atoms with Gasteiger partial charge in [0.05, 0.1) is 5.56 Å². The van der Waals surface area contributed by atoms with Gasteiger partial charge in [-0.05, 0) is 117 Å². The highest BCUT2D eigenvalue weighted by Gasteiger charge is 2.46. The molecule has 0 radical (unpaired) electrons. The topological polar surface area (TPSA) is 95.9 Å². The van der Waals surface area contributed by atoms with E-state index in [2.05, 4.69) is 49.6 Å².